The van der Waals surface area contributed by atoms with Gasteiger partial charge in [0, 0.05) is 21.2 Å². The predicted octanol–water partition coefficient (Wildman–Crippen LogP) is 7.73. The molecule has 0 saturated heterocycles. The van der Waals surface area contributed by atoms with Gasteiger partial charge in [0.05, 0.1) is 23.5 Å². The van der Waals surface area contributed by atoms with Gasteiger partial charge in [-0.25, -0.2) is 0 Å². The molecule has 3 nitrogen and oxygen atoms in total. The van der Waals surface area contributed by atoms with E-state index in [-0.39, 0.29) is 0 Å². The maximum Gasteiger partial charge on any atom is 0.218 e. The van der Waals surface area contributed by atoms with Crippen molar-refractivity contribution in [3.63, 3.8) is 0 Å². The number of anilines is 2. The lowest BCUT2D eigenvalue weighted by atomic mass is 10.1. The minimum Gasteiger partial charge on any atom is -0.495 e. The molecule has 3 rings (SSSR count). The summed E-state index contributed by atoms with van der Waals surface area (Å²) < 4.78 is 6.16. The highest BCUT2D eigenvalue weighted by Crippen LogP contribution is 2.41. The molecule has 3 aromatic carbocycles. The Morgan fingerprint density at radius 2 is 1.87 bits per heavy atom. The van der Waals surface area contributed by atoms with Gasteiger partial charge in [0.1, 0.15) is 5.75 Å². The predicted molar refractivity (Wildman–Crippen MR) is 131 cm³/mol. The molecule has 0 saturated carbocycles. The third-order valence-corrected chi connectivity index (χ3v) is 6.70. The number of amides is 1. The normalized spacial score (nSPS) is 10.9. The van der Waals surface area contributed by atoms with Crippen molar-refractivity contribution >= 4 is 63.2 Å². The van der Waals surface area contributed by atoms with E-state index in [9.17, 15) is 4.79 Å². The lowest BCUT2D eigenvalue weighted by Crippen LogP contribution is -2.16. The number of nitrogens with zero attached hydrogens (tertiary/aromatic N) is 1. The molecule has 0 spiro atoms. The molecule has 154 valence electrons. The van der Waals surface area contributed by atoms with Crippen LogP contribution in [0.2, 0.25) is 5.02 Å². The molecule has 6 heteroatoms. The smallest absolute Gasteiger partial charge is 0.218 e. The number of halogens is 2. The summed E-state index contributed by atoms with van der Waals surface area (Å²) in [6.45, 7) is 1.96. The molecule has 30 heavy (non-hydrogen) atoms. The number of carbonyl (C=O) groups is 1. The van der Waals surface area contributed by atoms with Crippen molar-refractivity contribution in [1.82, 2.24) is 0 Å². The molecule has 0 aliphatic heterocycles. The summed E-state index contributed by atoms with van der Waals surface area (Å²) in [4.78, 5) is 14.8. The average molecular weight is 503 g/mol. The zero-order valence-corrected chi connectivity index (χ0v) is 19.8. The number of benzene rings is 3. The second kappa shape index (κ2) is 10.7. The first kappa shape index (κ1) is 22.5. The van der Waals surface area contributed by atoms with Gasteiger partial charge in [-0.15, -0.1) is 11.8 Å². The number of rotatable bonds is 8. The largest absolute Gasteiger partial charge is 0.495 e. The van der Waals surface area contributed by atoms with Crippen molar-refractivity contribution in [3.8, 4) is 5.75 Å². The van der Waals surface area contributed by atoms with Crippen LogP contribution in [0.5, 0.6) is 5.75 Å². The standard InChI is InChI=1S/C24H21BrClNO2S/c1-3-7-18-12-19(30-15-17-8-5-4-6-9-17)10-11-22(18)27(16-28)23-13-20(25)21(26)14-24(23)29-2/h3-14,16H,15H2,1-2H3/b7-3-. The molecule has 0 fully saturated rings. The van der Waals surface area contributed by atoms with Gasteiger partial charge in [-0.1, -0.05) is 54.1 Å². The summed E-state index contributed by atoms with van der Waals surface area (Å²) in [5.41, 5.74) is 3.58. The van der Waals surface area contributed by atoms with Gasteiger partial charge >= 0.3 is 0 Å². The highest BCUT2D eigenvalue weighted by Gasteiger charge is 2.18. The zero-order valence-electron chi connectivity index (χ0n) is 16.6. The second-order valence-electron chi connectivity index (χ2n) is 6.41. The third-order valence-electron chi connectivity index (χ3n) is 4.44. The first-order valence-electron chi connectivity index (χ1n) is 9.28. The van der Waals surface area contributed by atoms with Gasteiger partial charge in [0.25, 0.3) is 0 Å². The molecule has 3 aromatic rings. The SMILES string of the molecule is C/C=C\c1cc(SCc2ccccc2)ccc1N(C=O)c1cc(Br)c(Cl)cc1OC. The molecule has 0 aliphatic carbocycles. The van der Waals surface area contributed by atoms with Crippen molar-refractivity contribution in [2.75, 3.05) is 12.0 Å². The number of carbonyl (C=O) groups excluding carboxylic acids is 1. The first-order valence-corrected chi connectivity index (χ1v) is 11.4. The average Bonchev–Trinajstić information content (AvgIpc) is 2.77. The van der Waals surface area contributed by atoms with Gasteiger partial charge in [0.15, 0.2) is 0 Å². The molecule has 0 aromatic heterocycles. The van der Waals surface area contributed by atoms with Gasteiger partial charge in [0.2, 0.25) is 6.41 Å². The Labute approximate surface area is 194 Å². The van der Waals surface area contributed by atoms with Crippen LogP contribution < -0.4 is 9.64 Å². The number of ether oxygens (including phenoxy) is 1. The van der Waals surface area contributed by atoms with Crippen LogP contribution >= 0.6 is 39.3 Å². The second-order valence-corrected chi connectivity index (χ2v) is 8.72. The Kier molecular flexibility index (Phi) is 8.02. The van der Waals surface area contributed by atoms with Crippen LogP contribution in [0.25, 0.3) is 6.08 Å². The quantitative estimate of drug-likeness (QED) is 0.233. The summed E-state index contributed by atoms with van der Waals surface area (Å²) in [5, 5.41) is 0.516. The highest BCUT2D eigenvalue weighted by atomic mass is 79.9. The molecule has 0 unspecified atom stereocenters. The Balaban J connectivity index is 1.97. The Hall–Kier alpha value is -2.21. The van der Waals surface area contributed by atoms with E-state index in [4.69, 9.17) is 16.3 Å². The maximum atomic E-state index is 12.1. The summed E-state index contributed by atoms with van der Waals surface area (Å²) in [6, 6.07) is 19.9. The van der Waals surface area contributed by atoms with E-state index < -0.39 is 0 Å². The number of hydrogen-bond acceptors (Lipinski definition) is 3. The summed E-state index contributed by atoms with van der Waals surface area (Å²) >= 11 is 11.4. The van der Waals surface area contributed by atoms with Crippen molar-refractivity contribution in [3.05, 3.63) is 87.4 Å². The zero-order chi connectivity index (χ0) is 21.5. The van der Waals surface area contributed by atoms with E-state index in [0.717, 1.165) is 28.3 Å². The van der Waals surface area contributed by atoms with Crippen LogP contribution in [0.3, 0.4) is 0 Å². The van der Waals surface area contributed by atoms with Gasteiger partial charge in [-0.2, -0.15) is 0 Å². The van der Waals surface area contributed by atoms with E-state index in [1.807, 2.05) is 49.4 Å². The molecule has 0 heterocycles. The van der Waals surface area contributed by atoms with Crippen LogP contribution in [0, 0.1) is 0 Å². The molecular formula is C24H21BrClNO2S. The fraction of sp³-hybridized carbons (Fsp3) is 0.125. The van der Waals surface area contributed by atoms with E-state index in [0.29, 0.717) is 20.9 Å². The van der Waals surface area contributed by atoms with Crippen LogP contribution in [0.1, 0.15) is 18.1 Å². The minimum absolute atomic E-state index is 0.516. The summed E-state index contributed by atoms with van der Waals surface area (Å²) in [7, 11) is 1.56. The van der Waals surface area contributed by atoms with Crippen molar-refractivity contribution in [1.29, 1.82) is 0 Å². The lowest BCUT2D eigenvalue weighted by molar-refractivity contribution is -0.106. The van der Waals surface area contributed by atoms with E-state index >= 15 is 0 Å². The molecule has 0 N–H and O–H groups in total. The van der Waals surface area contributed by atoms with Crippen LogP contribution in [0.15, 0.2) is 76.1 Å². The molecule has 0 bridgehead atoms. The van der Waals surface area contributed by atoms with E-state index in [1.165, 1.54) is 5.56 Å². The molecule has 1 amide bonds. The Morgan fingerprint density at radius 1 is 1.10 bits per heavy atom. The van der Waals surface area contributed by atoms with Crippen molar-refractivity contribution in [2.24, 2.45) is 0 Å². The van der Waals surface area contributed by atoms with Gasteiger partial charge in [-0.3, -0.25) is 9.69 Å². The molecule has 0 aliphatic rings. The number of allylic oxidation sites excluding steroid dienone is 1. The molecule has 0 radical (unpaired) electrons. The number of methoxy groups -OCH3 is 1. The highest BCUT2D eigenvalue weighted by molar-refractivity contribution is 9.10. The minimum atomic E-state index is 0.516. The first-order chi connectivity index (χ1) is 14.6. The lowest BCUT2D eigenvalue weighted by Gasteiger charge is -2.23. The fourth-order valence-corrected chi connectivity index (χ4v) is 4.39. The molecule has 0 atom stereocenters. The Morgan fingerprint density at radius 3 is 2.53 bits per heavy atom. The monoisotopic (exact) mass is 501 g/mol. The summed E-state index contributed by atoms with van der Waals surface area (Å²) in [6.07, 6.45) is 4.75. The molecular weight excluding hydrogens is 482 g/mol. The number of hydrogen-bond donors (Lipinski definition) is 0. The topological polar surface area (TPSA) is 29.5 Å². The van der Waals surface area contributed by atoms with Gasteiger partial charge in [-0.05, 0) is 58.2 Å². The van der Waals surface area contributed by atoms with Crippen LogP contribution in [0.4, 0.5) is 11.4 Å². The summed E-state index contributed by atoms with van der Waals surface area (Å²) in [5.74, 6) is 1.40. The van der Waals surface area contributed by atoms with Crippen molar-refractivity contribution < 1.29 is 9.53 Å². The fourth-order valence-electron chi connectivity index (χ4n) is 3.01. The van der Waals surface area contributed by atoms with Crippen LogP contribution in [-0.2, 0) is 10.5 Å². The van der Waals surface area contributed by atoms with Gasteiger partial charge < -0.3 is 4.74 Å². The van der Waals surface area contributed by atoms with E-state index in [1.54, 1.807) is 35.9 Å². The Bertz CT molecular complexity index is 1060. The third kappa shape index (κ3) is 5.28. The van der Waals surface area contributed by atoms with Crippen LogP contribution in [-0.4, -0.2) is 13.5 Å². The van der Waals surface area contributed by atoms with Crippen molar-refractivity contribution in [2.45, 2.75) is 17.6 Å². The maximum absolute atomic E-state index is 12.1. The van der Waals surface area contributed by atoms with E-state index in [2.05, 4.69) is 34.1 Å². The number of thioether (sulfide) groups is 1.